The van der Waals surface area contributed by atoms with Crippen molar-refractivity contribution in [3.8, 4) is 11.8 Å². The zero-order chi connectivity index (χ0) is 15.9. The van der Waals surface area contributed by atoms with E-state index in [0.29, 0.717) is 6.61 Å². The first kappa shape index (κ1) is 17.5. The number of hydrogen-bond donors (Lipinski definition) is 1. The molecule has 1 aromatic carbocycles. The predicted molar refractivity (Wildman–Crippen MR) is 87.6 cm³/mol. The highest BCUT2D eigenvalue weighted by Crippen LogP contribution is 2.24. The van der Waals surface area contributed by atoms with Crippen molar-refractivity contribution < 1.29 is 4.74 Å². The maximum Gasteiger partial charge on any atom is 0.119 e. The van der Waals surface area contributed by atoms with Crippen molar-refractivity contribution in [3.05, 3.63) is 29.8 Å². The smallest absolute Gasteiger partial charge is 0.119 e. The Morgan fingerprint density at radius 3 is 2.24 bits per heavy atom. The fourth-order valence-electron chi connectivity index (χ4n) is 2.28. The first-order chi connectivity index (χ1) is 9.87. The van der Waals surface area contributed by atoms with Gasteiger partial charge in [0.05, 0.1) is 12.7 Å². The molecule has 3 heteroatoms. The van der Waals surface area contributed by atoms with Gasteiger partial charge in [-0.2, -0.15) is 5.26 Å². The van der Waals surface area contributed by atoms with Crippen molar-refractivity contribution >= 4 is 0 Å². The zero-order valence-electron chi connectivity index (χ0n) is 14.0. The third-order valence-corrected chi connectivity index (χ3v) is 4.03. The van der Waals surface area contributed by atoms with Gasteiger partial charge in [-0.05, 0) is 49.4 Å². The van der Waals surface area contributed by atoms with Gasteiger partial charge in [0, 0.05) is 0 Å². The summed E-state index contributed by atoms with van der Waals surface area (Å²) in [5.74, 6) is 0.895. The summed E-state index contributed by atoms with van der Waals surface area (Å²) in [4.78, 5) is 0. The van der Waals surface area contributed by atoms with E-state index in [1.165, 1.54) is 5.56 Å². The van der Waals surface area contributed by atoms with Crippen LogP contribution in [0.3, 0.4) is 0 Å². The standard InChI is InChI=1S/C18H28N2O/c1-6-18(14-19,20-5)12-7-13-21-16-10-8-15(9-11-16)17(2,3)4/h8-11,20H,6-7,12-13H2,1-5H3. The fraction of sp³-hybridized carbons (Fsp3) is 0.611. The van der Waals surface area contributed by atoms with Crippen LogP contribution >= 0.6 is 0 Å². The quantitative estimate of drug-likeness (QED) is 0.770. The van der Waals surface area contributed by atoms with E-state index in [2.05, 4.69) is 44.3 Å². The third kappa shape index (κ3) is 5.06. The van der Waals surface area contributed by atoms with Crippen LogP contribution in [0.2, 0.25) is 0 Å². The second-order valence-corrected chi connectivity index (χ2v) is 6.52. The van der Waals surface area contributed by atoms with Crippen molar-refractivity contribution in [1.82, 2.24) is 5.32 Å². The minimum atomic E-state index is -0.417. The van der Waals surface area contributed by atoms with Gasteiger partial charge in [-0.25, -0.2) is 0 Å². The highest BCUT2D eigenvalue weighted by atomic mass is 16.5. The number of benzene rings is 1. The molecular formula is C18H28N2O. The molecule has 0 amide bonds. The van der Waals surface area contributed by atoms with Gasteiger partial charge in [-0.1, -0.05) is 39.8 Å². The summed E-state index contributed by atoms with van der Waals surface area (Å²) in [7, 11) is 1.85. The Labute approximate surface area is 129 Å². The molecule has 21 heavy (non-hydrogen) atoms. The van der Waals surface area contributed by atoms with E-state index in [1.54, 1.807) is 0 Å². The average Bonchev–Trinajstić information content (AvgIpc) is 2.48. The van der Waals surface area contributed by atoms with Gasteiger partial charge in [-0.15, -0.1) is 0 Å². The van der Waals surface area contributed by atoms with E-state index in [-0.39, 0.29) is 5.41 Å². The van der Waals surface area contributed by atoms with Crippen molar-refractivity contribution in [2.75, 3.05) is 13.7 Å². The van der Waals surface area contributed by atoms with Crippen LogP contribution in [0.4, 0.5) is 0 Å². The predicted octanol–water partition coefficient (Wildman–Crippen LogP) is 4.03. The monoisotopic (exact) mass is 288 g/mol. The number of ether oxygens (including phenoxy) is 1. The molecule has 1 rings (SSSR count). The van der Waals surface area contributed by atoms with Crippen LogP contribution in [0, 0.1) is 11.3 Å². The van der Waals surface area contributed by atoms with Crippen LogP contribution in [-0.2, 0) is 5.41 Å². The van der Waals surface area contributed by atoms with Crippen molar-refractivity contribution in [2.24, 2.45) is 0 Å². The maximum atomic E-state index is 9.25. The molecule has 0 aromatic heterocycles. The lowest BCUT2D eigenvalue weighted by atomic mass is 9.87. The Morgan fingerprint density at radius 1 is 1.19 bits per heavy atom. The summed E-state index contributed by atoms with van der Waals surface area (Å²) in [5.41, 5.74) is 1.05. The molecule has 0 heterocycles. The highest BCUT2D eigenvalue weighted by Gasteiger charge is 2.24. The summed E-state index contributed by atoms with van der Waals surface area (Å²) in [5, 5.41) is 12.4. The molecule has 1 unspecified atom stereocenters. The number of hydrogen-bond acceptors (Lipinski definition) is 3. The van der Waals surface area contributed by atoms with E-state index < -0.39 is 5.54 Å². The highest BCUT2D eigenvalue weighted by molar-refractivity contribution is 5.31. The Kier molecular flexibility index (Phi) is 6.23. The molecule has 3 nitrogen and oxygen atoms in total. The van der Waals surface area contributed by atoms with Gasteiger partial charge in [0.15, 0.2) is 0 Å². The Morgan fingerprint density at radius 2 is 1.81 bits per heavy atom. The molecule has 1 aromatic rings. The molecule has 1 atom stereocenters. The minimum absolute atomic E-state index is 0.166. The van der Waals surface area contributed by atoms with E-state index in [4.69, 9.17) is 4.74 Å². The largest absolute Gasteiger partial charge is 0.494 e. The molecule has 0 saturated heterocycles. The van der Waals surface area contributed by atoms with Crippen LogP contribution in [0.25, 0.3) is 0 Å². The van der Waals surface area contributed by atoms with Crippen molar-refractivity contribution in [3.63, 3.8) is 0 Å². The van der Waals surface area contributed by atoms with E-state index in [0.717, 1.165) is 25.0 Å². The molecule has 1 N–H and O–H groups in total. The normalized spacial score (nSPS) is 14.3. The van der Waals surface area contributed by atoms with Crippen LogP contribution in [0.15, 0.2) is 24.3 Å². The summed E-state index contributed by atoms with van der Waals surface area (Å²) >= 11 is 0. The molecule has 0 aliphatic rings. The molecule has 0 spiro atoms. The van der Waals surface area contributed by atoms with E-state index >= 15 is 0 Å². The van der Waals surface area contributed by atoms with Crippen LogP contribution < -0.4 is 10.1 Å². The average molecular weight is 288 g/mol. The number of nitriles is 1. The molecule has 0 aliphatic carbocycles. The second kappa shape index (κ2) is 7.47. The Bertz CT molecular complexity index is 461. The second-order valence-electron chi connectivity index (χ2n) is 6.52. The molecule has 0 radical (unpaired) electrons. The summed E-state index contributed by atoms with van der Waals surface area (Å²) < 4.78 is 5.77. The molecule has 0 aliphatic heterocycles. The minimum Gasteiger partial charge on any atom is -0.494 e. The number of nitrogens with one attached hydrogen (secondary N) is 1. The van der Waals surface area contributed by atoms with E-state index in [1.807, 2.05) is 26.1 Å². The Hall–Kier alpha value is -1.53. The molecular weight excluding hydrogens is 260 g/mol. The third-order valence-electron chi connectivity index (χ3n) is 4.03. The number of nitrogens with zero attached hydrogens (tertiary/aromatic N) is 1. The van der Waals surface area contributed by atoms with Gasteiger partial charge in [0.1, 0.15) is 11.3 Å². The molecule has 116 valence electrons. The summed E-state index contributed by atoms with van der Waals surface area (Å²) in [6.45, 7) is 9.28. The lowest BCUT2D eigenvalue weighted by Crippen LogP contribution is -2.41. The number of rotatable bonds is 7. The first-order valence-corrected chi connectivity index (χ1v) is 7.70. The van der Waals surface area contributed by atoms with Gasteiger partial charge in [0.2, 0.25) is 0 Å². The molecule has 0 fully saturated rings. The van der Waals surface area contributed by atoms with Gasteiger partial charge >= 0.3 is 0 Å². The summed E-state index contributed by atoms with van der Waals surface area (Å²) in [6.07, 6.45) is 2.47. The first-order valence-electron chi connectivity index (χ1n) is 7.70. The van der Waals surface area contributed by atoms with Crippen molar-refractivity contribution in [1.29, 1.82) is 5.26 Å². The van der Waals surface area contributed by atoms with Gasteiger partial charge in [0.25, 0.3) is 0 Å². The molecule has 0 saturated carbocycles. The van der Waals surface area contributed by atoms with Crippen molar-refractivity contribution in [2.45, 2.75) is 57.9 Å². The topological polar surface area (TPSA) is 45.0 Å². The lowest BCUT2D eigenvalue weighted by molar-refractivity contribution is 0.281. The van der Waals surface area contributed by atoms with Crippen LogP contribution in [0.1, 0.15) is 52.5 Å². The van der Waals surface area contributed by atoms with Crippen LogP contribution in [-0.4, -0.2) is 19.2 Å². The maximum absolute atomic E-state index is 9.25. The fourth-order valence-corrected chi connectivity index (χ4v) is 2.28. The summed E-state index contributed by atoms with van der Waals surface area (Å²) in [6, 6.07) is 10.7. The van der Waals surface area contributed by atoms with E-state index in [9.17, 15) is 5.26 Å². The molecule has 0 bridgehead atoms. The lowest BCUT2D eigenvalue weighted by Gasteiger charge is -2.24. The van der Waals surface area contributed by atoms with Gasteiger partial charge in [-0.3, -0.25) is 0 Å². The van der Waals surface area contributed by atoms with Gasteiger partial charge < -0.3 is 10.1 Å². The van der Waals surface area contributed by atoms with Crippen LogP contribution in [0.5, 0.6) is 5.75 Å². The SMILES string of the molecule is CCC(C#N)(CCCOc1ccc(C(C)(C)C)cc1)NC. The zero-order valence-corrected chi connectivity index (χ0v) is 14.0. The Balaban J connectivity index is 2.45.